The number of carbonyl (C=O) groups is 1. The zero-order valence-electron chi connectivity index (χ0n) is 9.77. The van der Waals surface area contributed by atoms with E-state index in [0.29, 0.717) is 21.8 Å². The van der Waals surface area contributed by atoms with E-state index in [4.69, 9.17) is 11.6 Å². The molecular formula is C14H12ClNO2. The molecule has 0 aliphatic carbocycles. The molecule has 0 heterocycles. The van der Waals surface area contributed by atoms with E-state index in [0.717, 1.165) is 0 Å². The molecule has 92 valence electrons. The summed E-state index contributed by atoms with van der Waals surface area (Å²) in [6.45, 7) is 1.74. The topological polar surface area (TPSA) is 49.3 Å². The summed E-state index contributed by atoms with van der Waals surface area (Å²) in [6, 6.07) is 11.7. The number of hydrogen-bond acceptors (Lipinski definition) is 2. The van der Waals surface area contributed by atoms with E-state index >= 15 is 0 Å². The van der Waals surface area contributed by atoms with Gasteiger partial charge in [-0.2, -0.15) is 0 Å². The van der Waals surface area contributed by atoms with Crippen LogP contribution in [0.2, 0.25) is 5.02 Å². The fourth-order valence-corrected chi connectivity index (χ4v) is 1.77. The molecule has 0 aliphatic heterocycles. The molecule has 18 heavy (non-hydrogen) atoms. The minimum atomic E-state index is -0.258. The third-order valence-corrected chi connectivity index (χ3v) is 2.88. The van der Waals surface area contributed by atoms with Crippen LogP contribution in [0.15, 0.2) is 42.5 Å². The van der Waals surface area contributed by atoms with Gasteiger partial charge in [-0.15, -0.1) is 0 Å². The number of hydrogen-bond donors (Lipinski definition) is 2. The molecule has 2 aromatic carbocycles. The van der Waals surface area contributed by atoms with Crippen molar-refractivity contribution in [3.63, 3.8) is 0 Å². The minimum absolute atomic E-state index is 0.152. The molecule has 2 rings (SSSR count). The van der Waals surface area contributed by atoms with E-state index in [1.165, 1.54) is 0 Å². The standard InChI is InChI=1S/C14H12ClNO2/c1-9-12(6-3-7-13(9)17)16-14(18)10-4-2-5-11(15)8-10/h2-8,17H,1H3,(H,16,18). The summed E-state index contributed by atoms with van der Waals surface area (Å²) in [4.78, 5) is 12.0. The van der Waals surface area contributed by atoms with Crippen LogP contribution in [0.5, 0.6) is 5.75 Å². The second-order valence-electron chi connectivity index (χ2n) is 3.91. The maximum atomic E-state index is 12.0. The Hall–Kier alpha value is -2.00. The Morgan fingerprint density at radius 3 is 2.67 bits per heavy atom. The summed E-state index contributed by atoms with van der Waals surface area (Å²) in [5, 5.41) is 12.8. The smallest absolute Gasteiger partial charge is 0.255 e. The highest BCUT2D eigenvalue weighted by atomic mass is 35.5. The van der Waals surface area contributed by atoms with Gasteiger partial charge in [0.2, 0.25) is 0 Å². The lowest BCUT2D eigenvalue weighted by Gasteiger charge is -2.09. The van der Waals surface area contributed by atoms with Crippen molar-refractivity contribution < 1.29 is 9.90 Å². The van der Waals surface area contributed by atoms with Crippen LogP contribution in [-0.4, -0.2) is 11.0 Å². The second kappa shape index (κ2) is 5.10. The summed E-state index contributed by atoms with van der Waals surface area (Å²) in [6.07, 6.45) is 0. The van der Waals surface area contributed by atoms with Crippen molar-refractivity contribution in [3.8, 4) is 5.75 Å². The first-order valence-corrected chi connectivity index (χ1v) is 5.81. The summed E-state index contributed by atoms with van der Waals surface area (Å²) in [7, 11) is 0. The fraction of sp³-hybridized carbons (Fsp3) is 0.0714. The van der Waals surface area contributed by atoms with Crippen molar-refractivity contribution in [3.05, 3.63) is 58.6 Å². The van der Waals surface area contributed by atoms with Crippen molar-refractivity contribution in [1.82, 2.24) is 0 Å². The van der Waals surface area contributed by atoms with Crippen LogP contribution in [0.3, 0.4) is 0 Å². The Kier molecular flexibility index (Phi) is 3.53. The van der Waals surface area contributed by atoms with Gasteiger partial charge in [0.1, 0.15) is 5.75 Å². The first-order chi connectivity index (χ1) is 8.58. The van der Waals surface area contributed by atoms with Crippen molar-refractivity contribution in [2.45, 2.75) is 6.92 Å². The Bertz CT molecular complexity index is 596. The van der Waals surface area contributed by atoms with Gasteiger partial charge >= 0.3 is 0 Å². The highest BCUT2D eigenvalue weighted by molar-refractivity contribution is 6.31. The lowest BCUT2D eigenvalue weighted by Crippen LogP contribution is -2.12. The zero-order valence-corrected chi connectivity index (χ0v) is 10.5. The molecule has 2 N–H and O–H groups in total. The quantitative estimate of drug-likeness (QED) is 0.868. The number of benzene rings is 2. The van der Waals surface area contributed by atoms with Gasteiger partial charge in [0.05, 0.1) is 0 Å². The molecule has 2 aromatic rings. The molecule has 0 atom stereocenters. The number of phenolic OH excluding ortho intramolecular Hbond substituents is 1. The molecular weight excluding hydrogens is 250 g/mol. The van der Waals surface area contributed by atoms with E-state index in [9.17, 15) is 9.90 Å². The van der Waals surface area contributed by atoms with Crippen LogP contribution in [0.4, 0.5) is 5.69 Å². The lowest BCUT2D eigenvalue weighted by molar-refractivity contribution is 0.102. The number of phenols is 1. The number of carbonyl (C=O) groups excluding carboxylic acids is 1. The van der Waals surface area contributed by atoms with Crippen LogP contribution in [-0.2, 0) is 0 Å². The van der Waals surface area contributed by atoms with Gasteiger partial charge in [0.25, 0.3) is 5.91 Å². The van der Waals surface area contributed by atoms with E-state index in [2.05, 4.69) is 5.32 Å². The van der Waals surface area contributed by atoms with Crippen LogP contribution in [0, 0.1) is 6.92 Å². The Morgan fingerprint density at radius 1 is 1.22 bits per heavy atom. The van der Waals surface area contributed by atoms with E-state index in [1.807, 2.05) is 0 Å². The van der Waals surface area contributed by atoms with Crippen molar-refractivity contribution in [2.75, 3.05) is 5.32 Å². The average Bonchev–Trinajstić information content (AvgIpc) is 2.35. The van der Waals surface area contributed by atoms with E-state index in [-0.39, 0.29) is 11.7 Å². The average molecular weight is 262 g/mol. The normalized spacial score (nSPS) is 10.1. The fourth-order valence-electron chi connectivity index (χ4n) is 1.58. The molecule has 0 unspecified atom stereocenters. The molecule has 0 spiro atoms. The summed E-state index contributed by atoms with van der Waals surface area (Å²) >= 11 is 5.83. The largest absolute Gasteiger partial charge is 0.508 e. The molecule has 0 aromatic heterocycles. The summed E-state index contributed by atoms with van der Waals surface area (Å²) in [5.41, 5.74) is 1.69. The van der Waals surface area contributed by atoms with E-state index < -0.39 is 0 Å². The van der Waals surface area contributed by atoms with Gasteiger partial charge < -0.3 is 10.4 Å². The van der Waals surface area contributed by atoms with Crippen LogP contribution < -0.4 is 5.32 Å². The van der Waals surface area contributed by atoms with Gasteiger partial charge in [-0.1, -0.05) is 23.7 Å². The van der Waals surface area contributed by atoms with Crippen molar-refractivity contribution in [1.29, 1.82) is 0 Å². The van der Waals surface area contributed by atoms with Gasteiger partial charge in [0.15, 0.2) is 0 Å². The predicted octanol–water partition coefficient (Wildman–Crippen LogP) is 3.61. The second-order valence-corrected chi connectivity index (χ2v) is 4.35. The van der Waals surface area contributed by atoms with E-state index in [1.54, 1.807) is 49.4 Å². The first-order valence-electron chi connectivity index (χ1n) is 5.43. The molecule has 3 nitrogen and oxygen atoms in total. The predicted molar refractivity (Wildman–Crippen MR) is 72.2 cm³/mol. The van der Waals surface area contributed by atoms with Crippen molar-refractivity contribution in [2.24, 2.45) is 0 Å². The third kappa shape index (κ3) is 2.63. The maximum absolute atomic E-state index is 12.0. The molecule has 0 radical (unpaired) electrons. The number of halogens is 1. The highest BCUT2D eigenvalue weighted by Crippen LogP contribution is 2.24. The maximum Gasteiger partial charge on any atom is 0.255 e. The van der Waals surface area contributed by atoms with Gasteiger partial charge in [-0.05, 0) is 37.3 Å². The Labute approximate surface area is 110 Å². The zero-order chi connectivity index (χ0) is 13.1. The number of nitrogens with one attached hydrogen (secondary N) is 1. The highest BCUT2D eigenvalue weighted by Gasteiger charge is 2.09. The SMILES string of the molecule is Cc1c(O)cccc1NC(=O)c1cccc(Cl)c1. The van der Waals surface area contributed by atoms with Gasteiger partial charge in [-0.25, -0.2) is 0 Å². The summed E-state index contributed by atoms with van der Waals surface area (Å²) in [5.74, 6) is -0.106. The molecule has 0 bridgehead atoms. The minimum Gasteiger partial charge on any atom is -0.508 e. The van der Waals surface area contributed by atoms with Gasteiger partial charge in [0, 0.05) is 21.8 Å². The Balaban J connectivity index is 2.24. The van der Waals surface area contributed by atoms with Crippen LogP contribution >= 0.6 is 11.6 Å². The van der Waals surface area contributed by atoms with Crippen LogP contribution in [0.25, 0.3) is 0 Å². The molecule has 1 amide bonds. The number of rotatable bonds is 2. The number of aromatic hydroxyl groups is 1. The van der Waals surface area contributed by atoms with Crippen molar-refractivity contribution >= 4 is 23.2 Å². The molecule has 0 aliphatic rings. The molecule has 0 saturated carbocycles. The number of anilines is 1. The molecule has 0 fully saturated rings. The van der Waals surface area contributed by atoms with Crippen LogP contribution in [0.1, 0.15) is 15.9 Å². The number of amides is 1. The monoisotopic (exact) mass is 261 g/mol. The first kappa shape index (κ1) is 12.5. The molecule has 4 heteroatoms. The Morgan fingerprint density at radius 2 is 1.94 bits per heavy atom. The summed E-state index contributed by atoms with van der Waals surface area (Å²) < 4.78 is 0. The van der Waals surface area contributed by atoms with Gasteiger partial charge in [-0.3, -0.25) is 4.79 Å². The third-order valence-electron chi connectivity index (χ3n) is 2.64. The lowest BCUT2D eigenvalue weighted by atomic mass is 10.1. The molecule has 0 saturated heterocycles.